The summed E-state index contributed by atoms with van der Waals surface area (Å²) in [5.41, 5.74) is 9.00. The van der Waals surface area contributed by atoms with Gasteiger partial charge < -0.3 is 0 Å². The summed E-state index contributed by atoms with van der Waals surface area (Å²) in [7, 11) is 0. The van der Waals surface area contributed by atoms with Gasteiger partial charge in [-0.1, -0.05) is 66.2 Å². The van der Waals surface area contributed by atoms with Crippen molar-refractivity contribution in [2.45, 2.75) is 57.7 Å². The molecule has 0 fully saturated rings. The average Bonchev–Trinajstić information content (AvgIpc) is 2.99. The number of hydrogen-bond acceptors (Lipinski definition) is 2. The summed E-state index contributed by atoms with van der Waals surface area (Å²) in [5.74, 6) is 0. The molecule has 1 heterocycles. The molecule has 2 aromatic carbocycles. The van der Waals surface area contributed by atoms with E-state index in [0.29, 0.717) is 6.04 Å². The lowest BCUT2D eigenvalue weighted by Gasteiger charge is -2.36. The molecule has 2 nitrogen and oxygen atoms in total. The van der Waals surface area contributed by atoms with Crippen LogP contribution in [-0.4, -0.2) is 15.9 Å². The molecule has 0 N–H and O–H groups in total. The lowest BCUT2D eigenvalue weighted by Crippen LogP contribution is -2.36. The molecule has 0 amide bonds. The normalized spacial score (nSPS) is 18.6. The lowest BCUT2D eigenvalue weighted by atomic mass is 9.83. The maximum absolute atomic E-state index is 4.49. The fourth-order valence-corrected chi connectivity index (χ4v) is 5.22. The summed E-state index contributed by atoms with van der Waals surface area (Å²) in [6, 6.07) is 24.7. The number of hydrogen-bond donors (Lipinski definition) is 0. The average molecular weight is 395 g/mol. The van der Waals surface area contributed by atoms with Crippen LogP contribution >= 0.6 is 0 Å². The highest BCUT2D eigenvalue weighted by Crippen LogP contribution is 2.40. The van der Waals surface area contributed by atoms with E-state index in [9.17, 15) is 0 Å². The molecule has 2 heteroatoms. The maximum Gasteiger partial charge on any atom is 0.0345 e. The van der Waals surface area contributed by atoms with Gasteiger partial charge in [0, 0.05) is 31.5 Å². The Kier molecular flexibility index (Phi) is 5.76. The summed E-state index contributed by atoms with van der Waals surface area (Å²) in [5, 5.41) is 0. The molecule has 0 saturated carbocycles. The van der Waals surface area contributed by atoms with Crippen molar-refractivity contribution in [2.24, 2.45) is 0 Å². The van der Waals surface area contributed by atoms with Gasteiger partial charge in [-0.2, -0.15) is 0 Å². The molecule has 152 valence electrons. The van der Waals surface area contributed by atoms with Crippen LogP contribution in [-0.2, 0) is 19.5 Å². The van der Waals surface area contributed by atoms with Crippen molar-refractivity contribution in [3.63, 3.8) is 0 Å². The predicted octanol–water partition coefficient (Wildman–Crippen LogP) is 6.43. The van der Waals surface area contributed by atoms with Crippen LogP contribution in [0.5, 0.6) is 0 Å². The van der Waals surface area contributed by atoms with Gasteiger partial charge in [0.15, 0.2) is 0 Å². The second-order valence-electron chi connectivity index (χ2n) is 8.74. The zero-order chi connectivity index (χ0) is 20.2. The summed E-state index contributed by atoms with van der Waals surface area (Å²) in [4.78, 5) is 7.19. The summed E-state index contributed by atoms with van der Waals surface area (Å²) in [6.07, 6.45) is 11.4. The van der Waals surface area contributed by atoms with E-state index in [1.165, 1.54) is 54.4 Å². The molecule has 1 atom stereocenters. The van der Waals surface area contributed by atoms with Crippen molar-refractivity contribution < 1.29 is 0 Å². The Bertz CT molecular complexity index is 966. The Morgan fingerprint density at radius 3 is 2.20 bits per heavy atom. The lowest BCUT2D eigenvalue weighted by molar-refractivity contribution is 0.167. The number of nitrogens with zero attached hydrogens (tertiary/aromatic N) is 2. The molecular formula is C28H30N2. The van der Waals surface area contributed by atoms with Crippen LogP contribution in [0.1, 0.15) is 54.4 Å². The van der Waals surface area contributed by atoms with E-state index >= 15 is 0 Å². The molecule has 1 unspecified atom stereocenters. The van der Waals surface area contributed by atoms with Gasteiger partial charge in [0.05, 0.1) is 0 Å². The Labute approximate surface area is 180 Å². The third kappa shape index (κ3) is 4.24. The molecule has 5 rings (SSSR count). The zero-order valence-corrected chi connectivity index (χ0v) is 17.6. The number of rotatable bonds is 5. The third-order valence-corrected chi connectivity index (χ3v) is 6.78. The van der Waals surface area contributed by atoms with Crippen molar-refractivity contribution in [3.05, 3.63) is 107 Å². The van der Waals surface area contributed by atoms with E-state index < -0.39 is 0 Å². The molecule has 30 heavy (non-hydrogen) atoms. The van der Waals surface area contributed by atoms with E-state index in [2.05, 4.69) is 82.8 Å². The number of fused-ring (bicyclic) bond motifs is 2. The first-order valence-corrected chi connectivity index (χ1v) is 11.3. The first kappa shape index (κ1) is 19.3. The van der Waals surface area contributed by atoms with Crippen molar-refractivity contribution >= 4 is 5.57 Å². The van der Waals surface area contributed by atoms with E-state index in [4.69, 9.17) is 0 Å². The summed E-state index contributed by atoms with van der Waals surface area (Å²) < 4.78 is 0. The number of allylic oxidation sites excluding steroid dienone is 1. The highest BCUT2D eigenvalue weighted by molar-refractivity contribution is 5.72. The summed E-state index contributed by atoms with van der Waals surface area (Å²) in [6.45, 7) is 2.01. The molecule has 0 saturated heterocycles. The second kappa shape index (κ2) is 8.97. The van der Waals surface area contributed by atoms with Crippen LogP contribution in [0.3, 0.4) is 0 Å². The molecule has 0 spiro atoms. The standard InChI is InChI=1S/C28H30N2/c1-3-8-22(9-4-1)20-30(21-23-10-5-2-6-11-23)26-15-14-24-12-7-13-25-16-17-29-19-28(25)27(24)18-26/h1-6,8-11,16-17,19,26H,7,12-15,18,20-21H2. The number of aryl methyl sites for hydroxylation is 1. The Morgan fingerprint density at radius 2 is 1.50 bits per heavy atom. The topological polar surface area (TPSA) is 16.1 Å². The molecule has 3 aromatic rings. The van der Waals surface area contributed by atoms with Gasteiger partial charge in [-0.3, -0.25) is 9.88 Å². The van der Waals surface area contributed by atoms with E-state index in [0.717, 1.165) is 19.5 Å². The molecule has 2 aliphatic carbocycles. The quantitative estimate of drug-likeness (QED) is 0.496. The summed E-state index contributed by atoms with van der Waals surface area (Å²) >= 11 is 0. The van der Waals surface area contributed by atoms with Gasteiger partial charge in [-0.05, 0) is 72.4 Å². The molecule has 2 aliphatic rings. The van der Waals surface area contributed by atoms with Gasteiger partial charge in [0.2, 0.25) is 0 Å². The monoisotopic (exact) mass is 394 g/mol. The molecule has 0 bridgehead atoms. The molecule has 0 aliphatic heterocycles. The minimum atomic E-state index is 0.565. The molecule has 1 aromatic heterocycles. The minimum Gasteiger partial charge on any atom is -0.292 e. The van der Waals surface area contributed by atoms with Gasteiger partial charge >= 0.3 is 0 Å². The largest absolute Gasteiger partial charge is 0.292 e. The van der Waals surface area contributed by atoms with Gasteiger partial charge in [0.25, 0.3) is 0 Å². The van der Waals surface area contributed by atoms with Crippen LogP contribution in [0.15, 0.2) is 84.7 Å². The van der Waals surface area contributed by atoms with Gasteiger partial charge in [-0.15, -0.1) is 0 Å². The van der Waals surface area contributed by atoms with Crippen molar-refractivity contribution in [3.8, 4) is 0 Å². The van der Waals surface area contributed by atoms with E-state index in [-0.39, 0.29) is 0 Å². The first-order chi connectivity index (χ1) is 14.9. The second-order valence-corrected chi connectivity index (χ2v) is 8.74. The first-order valence-electron chi connectivity index (χ1n) is 11.3. The van der Waals surface area contributed by atoms with Crippen LogP contribution in [0.25, 0.3) is 5.57 Å². The predicted molar refractivity (Wildman–Crippen MR) is 124 cm³/mol. The Balaban J connectivity index is 1.44. The smallest absolute Gasteiger partial charge is 0.0345 e. The molecular weight excluding hydrogens is 364 g/mol. The number of pyridine rings is 1. The van der Waals surface area contributed by atoms with Gasteiger partial charge in [0.1, 0.15) is 0 Å². The van der Waals surface area contributed by atoms with E-state index in [1.807, 2.05) is 6.20 Å². The Morgan fingerprint density at radius 1 is 0.800 bits per heavy atom. The van der Waals surface area contributed by atoms with Gasteiger partial charge in [-0.25, -0.2) is 0 Å². The highest BCUT2D eigenvalue weighted by Gasteiger charge is 2.29. The SMILES string of the molecule is c1ccc(CN(Cc2ccccc2)C2CCC3=C(C2)c2cnccc2CCC3)cc1. The van der Waals surface area contributed by atoms with Crippen molar-refractivity contribution in [1.82, 2.24) is 9.88 Å². The van der Waals surface area contributed by atoms with Crippen LogP contribution in [0.4, 0.5) is 0 Å². The van der Waals surface area contributed by atoms with Crippen molar-refractivity contribution in [1.29, 1.82) is 0 Å². The number of benzene rings is 2. The third-order valence-electron chi connectivity index (χ3n) is 6.78. The Hall–Kier alpha value is -2.71. The fourth-order valence-electron chi connectivity index (χ4n) is 5.22. The minimum absolute atomic E-state index is 0.565. The maximum atomic E-state index is 4.49. The number of aromatic nitrogens is 1. The van der Waals surface area contributed by atoms with Crippen LogP contribution in [0.2, 0.25) is 0 Å². The van der Waals surface area contributed by atoms with Crippen LogP contribution in [0, 0.1) is 0 Å². The van der Waals surface area contributed by atoms with E-state index in [1.54, 1.807) is 11.1 Å². The van der Waals surface area contributed by atoms with Crippen LogP contribution < -0.4 is 0 Å². The molecule has 0 radical (unpaired) electrons. The zero-order valence-electron chi connectivity index (χ0n) is 17.6. The van der Waals surface area contributed by atoms with Crippen molar-refractivity contribution in [2.75, 3.05) is 0 Å². The highest BCUT2D eigenvalue weighted by atomic mass is 15.2. The fraction of sp³-hybridized carbons (Fsp3) is 0.321.